The van der Waals surface area contributed by atoms with E-state index in [0.717, 1.165) is 24.3 Å². The first-order valence-corrected chi connectivity index (χ1v) is 8.14. The first kappa shape index (κ1) is 16.4. The summed E-state index contributed by atoms with van der Waals surface area (Å²) in [6.07, 6.45) is 0. The van der Waals surface area contributed by atoms with Crippen molar-refractivity contribution in [3.05, 3.63) is 52.8 Å². The normalized spacial score (nSPS) is 14.5. The Hall–Kier alpha value is -2.47. The molecular weight excluding hydrogens is 304 g/mol. The third-order valence-corrected chi connectivity index (χ3v) is 3.90. The molecule has 1 aromatic heterocycles. The highest BCUT2D eigenvalue weighted by Crippen LogP contribution is 2.12. The second-order valence-electron chi connectivity index (χ2n) is 5.97. The fourth-order valence-electron chi connectivity index (χ4n) is 2.67. The summed E-state index contributed by atoms with van der Waals surface area (Å²) < 4.78 is 5.35. The van der Waals surface area contributed by atoms with Crippen molar-refractivity contribution >= 4 is 11.9 Å². The predicted octanol–water partition coefficient (Wildman–Crippen LogP) is 1.86. The molecule has 3 rings (SSSR count). The molecule has 0 saturated carbocycles. The first-order chi connectivity index (χ1) is 11.6. The Labute approximate surface area is 141 Å². The van der Waals surface area contributed by atoms with Gasteiger partial charge in [-0.1, -0.05) is 29.8 Å². The van der Waals surface area contributed by atoms with Gasteiger partial charge in [-0.2, -0.15) is 0 Å². The third-order valence-electron chi connectivity index (χ3n) is 3.90. The molecule has 2 aromatic rings. The van der Waals surface area contributed by atoms with E-state index in [1.807, 2.05) is 36.9 Å². The van der Waals surface area contributed by atoms with Crippen LogP contribution in [-0.2, 0) is 11.3 Å². The fraction of sp³-hybridized carbons (Fsp3) is 0.389. The maximum atomic E-state index is 12.4. The Kier molecular flexibility index (Phi) is 5.05. The van der Waals surface area contributed by atoms with Crippen molar-refractivity contribution in [2.75, 3.05) is 31.2 Å². The summed E-state index contributed by atoms with van der Waals surface area (Å²) in [7, 11) is 0. The average molecular weight is 326 g/mol. The minimum atomic E-state index is -0.184. The lowest BCUT2D eigenvalue weighted by Crippen LogP contribution is -2.38. The Morgan fingerprint density at radius 2 is 2.00 bits per heavy atom. The van der Waals surface area contributed by atoms with Crippen LogP contribution in [0, 0.1) is 13.8 Å². The average Bonchev–Trinajstić information content (AvgIpc) is 2.60. The van der Waals surface area contributed by atoms with Crippen LogP contribution in [0.2, 0.25) is 0 Å². The van der Waals surface area contributed by atoms with Crippen LogP contribution in [0.3, 0.4) is 0 Å². The Morgan fingerprint density at radius 1 is 1.21 bits per heavy atom. The minimum absolute atomic E-state index is 0.184. The molecule has 1 saturated heterocycles. The van der Waals surface area contributed by atoms with E-state index < -0.39 is 0 Å². The summed E-state index contributed by atoms with van der Waals surface area (Å²) in [5, 5.41) is 2.93. The number of hydrogen-bond donors (Lipinski definition) is 1. The van der Waals surface area contributed by atoms with Crippen LogP contribution in [0.4, 0.5) is 5.95 Å². The number of rotatable bonds is 4. The number of hydrogen-bond acceptors (Lipinski definition) is 5. The number of carbonyl (C=O) groups is 1. The monoisotopic (exact) mass is 326 g/mol. The SMILES string of the molecule is Cc1cccc(CNC(=O)c2cc(C)nc(N3CCOCC3)n2)c1. The summed E-state index contributed by atoms with van der Waals surface area (Å²) in [5.74, 6) is 0.413. The zero-order valence-corrected chi connectivity index (χ0v) is 14.1. The summed E-state index contributed by atoms with van der Waals surface area (Å²) in [4.78, 5) is 23.4. The van der Waals surface area contributed by atoms with Gasteiger partial charge in [-0.05, 0) is 25.5 Å². The molecule has 6 heteroatoms. The van der Waals surface area contributed by atoms with Crippen LogP contribution < -0.4 is 10.2 Å². The molecule has 6 nitrogen and oxygen atoms in total. The van der Waals surface area contributed by atoms with Crippen molar-refractivity contribution in [2.24, 2.45) is 0 Å². The van der Waals surface area contributed by atoms with Gasteiger partial charge >= 0.3 is 0 Å². The van der Waals surface area contributed by atoms with Crippen molar-refractivity contribution in [1.29, 1.82) is 0 Å². The molecule has 2 heterocycles. The molecule has 0 spiro atoms. The molecule has 0 bridgehead atoms. The lowest BCUT2D eigenvalue weighted by Gasteiger charge is -2.27. The van der Waals surface area contributed by atoms with Gasteiger partial charge in [0.15, 0.2) is 0 Å². The number of morpholine rings is 1. The molecule has 1 N–H and O–H groups in total. The zero-order chi connectivity index (χ0) is 16.9. The molecule has 1 aliphatic rings. The van der Waals surface area contributed by atoms with Crippen LogP contribution in [0.15, 0.2) is 30.3 Å². The van der Waals surface area contributed by atoms with E-state index in [0.29, 0.717) is 31.4 Å². The number of anilines is 1. The summed E-state index contributed by atoms with van der Waals surface area (Å²) in [6.45, 7) is 7.20. The Bertz CT molecular complexity index is 727. The van der Waals surface area contributed by atoms with Crippen LogP contribution in [-0.4, -0.2) is 42.2 Å². The summed E-state index contributed by atoms with van der Waals surface area (Å²) in [6, 6.07) is 9.80. The van der Waals surface area contributed by atoms with Gasteiger partial charge in [0.25, 0.3) is 5.91 Å². The third kappa shape index (κ3) is 4.08. The molecule has 126 valence electrons. The molecule has 0 radical (unpaired) electrons. The second-order valence-corrected chi connectivity index (χ2v) is 5.97. The van der Waals surface area contributed by atoms with Gasteiger partial charge in [-0.3, -0.25) is 4.79 Å². The number of nitrogens with one attached hydrogen (secondary N) is 1. The number of amides is 1. The Balaban J connectivity index is 1.71. The minimum Gasteiger partial charge on any atom is -0.378 e. The van der Waals surface area contributed by atoms with Crippen molar-refractivity contribution in [2.45, 2.75) is 20.4 Å². The van der Waals surface area contributed by atoms with Crippen molar-refractivity contribution in [1.82, 2.24) is 15.3 Å². The fourth-order valence-corrected chi connectivity index (χ4v) is 2.67. The number of aromatic nitrogens is 2. The number of aryl methyl sites for hydroxylation is 2. The van der Waals surface area contributed by atoms with Gasteiger partial charge in [0.2, 0.25) is 5.95 Å². The van der Waals surface area contributed by atoms with Crippen LogP contribution in [0.1, 0.15) is 27.3 Å². The summed E-state index contributed by atoms with van der Waals surface area (Å²) in [5.41, 5.74) is 3.43. The predicted molar refractivity (Wildman–Crippen MR) is 92.2 cm³/mol. The second kappa shape index (κ2) is 7.40. The van der Waals surface area contributed by atoms with Crippen molar-refractivity contribution < 1.29 is 9.53 Å². The molecule has 1 aliphatic heterocycles. The number of benzene rings is 1. The molecule has 1 fully saturated rings. The van der Waals surface area contributed by atoms with E-state index >= 15 is 0 Å². The maximum Gasteiger partial charge on any atom is 0.270 e. The van der Waals surface area contributed by atoms with E-state index in [4.69, 9.17) is 4.74 Å². The van der Waals surface area contributed by atoms with Gasteiger partial charge in [0.1, 0.15) is 5.69 Å². The smallest absolute Gasteiger partial charge is 0.270 e. The van der Waals surface area contributed by atoms with E-state index in [2.05, 4.69) is 21.4 Å². The van der Waals surface area contributed by atoms with Crippen LogP contribution >= 0.6 is 0 Å². The van der Waals surface area contributed by atoms with Gasteiger partial charge in [0.05, 0.1) is 13.2 Å². The van der Waals surface area contributed by atoms with Gasteiger partial charge in [-0.15, -0.1) is 0 Å². The lowest BCUT2D eigenvalue weighted by atomic mass is 10.1. The largest absolute Gasteiger partial charge is 0.378 e. The number of ether oxygens (including phenoxy) is 1. The first-order valence-electron chi connectivity index (χ1n) is 8.14. The molecule has 1 amide bonds. The molecule has 0 aliphatic carbocycles. The van der Waals surface area contributed by atoms with Crippen molar-refractivity contribution in [3.63, 3.8) is 0 Å². The van der Waals surface area contributed by atoms with Gasteiger partial charge in [0, 0.05) is 25.3 Å². The standard InChI is InChI=1S/C18H22N4O2/c1-13-4-3-5-15(10-13)12-19-17(23)16-11-14(2)20-18(21-16)22-6-8-24-9-7-22/h3-5,10-11H,6-9,12H2,1-2H3,(H,19,23). The van der Waals surface area contributed by atoms with E-state index in [1.54, 1.807) is 6.07 Å². The zero-order valence-electron chi connectivity index (χ0n) is 14.1. The molecule has 24 heavy (non-hydrogen) atoms. The molecular formula is C18H22N4O2. The number of carbonyl (C=O) groups excluding carboxylic acids is 1. The Morgan fingerprint density at radius 3 is 2.75 bits per heavy atom. The van der Waals surface area contributed by atoms with Gasteiger partial charge in [-0.25, -0.2) is 9.97 Å². The number of nitrogens with zero attached hydrogens (tertiary/aromatic N) is 3. The van der Waals surface area contributed by atoms with E-state index in [9.17, 15) is 4.79 Å². The van der Waals surface area contributed by atoms with Crippen molar-refractivity contribution in [3.8, 4) is 0 Å². The highest BCUT2D eigenvalue weighted by atomic mass is 16.5. The maximum absolute atomic E-state index is 12.4. The summed E-state index contributed by atoms with van der Waals surface area (Å²) >= 11 is 0. The highest BCUT2D eigenvalue weighted by Gasteiger charge is 2.17. The molecule has 0 unspecified atom stereocenters. The van der Waals surface area contributed by atoms with Crippen LogP contribution in [0.5, 0.6) is 0 Å². The molecule has 0 atom stereocenters. The lowest BCUT2D eigenvalue weighted by molar-refractivity contribution is 0.0945. The topological polar surface area (TPSA) is 67.4 Å². The van der Waals surface area contributed by atoms with E-state index in [1.165, 1.54) is 5.56 Å². The van der Waals surface area contributed by atoms with Crippen LogP contribution in [0.25, 0.3) is 0 Å². The quantitative estimate of drug-likeness (QED) is 0.929. The van der Waals surface area contributed by atoms with Gasteiger partial charge < -0.3 is 15.0 Å². The van der Waals surface area contributed by atoms with E-state index in [-0.39, 0.29) is 5.91 Å². The highest BCUT2D eigenvalue weighted by molar-refractivity contribution is 5.92. The molecule has 1 aromatic carbocycles.